The normalized spacial score (nSPS) is 10.9. The molecule has 0 spiro atoms. The zero-order chi connectivity index (χ0) is 12.5. The zero-order valence-corrected chi connectivity index (χ0v) is 10.6. The molecule has 0 unspecified atom stereocenters. The van der Waals surface area contributed by atoms with Crippen molar-refractivity contribution in [1.29, 1.82) is 0 Å². The number of hydrogen-bond acceptors (Lipinski definition) is 6. The third-order valence-corrected chi connectivity index (χ3v) is 3.67. The molecule has 5 nitrogen and oxygen atoms in total. The topological polar surface area (TPSA) is 68.2 Å². The molecule has 0 radical (unpaired) electrons. The van der Waals surface area contributed by atoms with Crippen LogP contribution in [-0.2, 0) is 6.54 Å². The molecule has 18 heavy (non-hydrogen) atoms. The van der Waals surface area contributed by atoms with Crippen LogP contribution in [0, 0.1) is 0 Å². The Bertz CT molecular complexity index is 662. The van der Waals surface area contributed by atoms with Crippen LogP contribution in [0.5, 0.6) is 0 Å². The Morgan fingerprint density at radius 2 is 2.11 bits per heavy atom. The van der Waals surface area contributed by atoms with Gasteiger partial charge in [0.25, 0.3) is 0 Å². The van der Waals surface area contributed by atoms with Gasteiger partial charge in [0.1, 0.15) is 0 Å². The Balaban J connectivity index is 1.98. The summed E-state index contributed by atoms with van der Waals surface area (Å²) in [5, 5.41) is 9.82. The maximum Gasteiger partial charge on any atom is 0.160 e. The monoisotopic (exact) mass is 260 g/mol. The lowest BCUT2D eigenvalue weighted by Crippen LogP contribution is -2.16. The smallest absolute Gasteiger partial charge is 0.160 e. The summed E-state index contributed by atoms with van der Waals surface area (Å²) >= 11 is 1.73. The number of thiophene rings is 1. The summed E-state index contributed by atoms with van der Waals surface area (Å²) in [4.78, 5) is 3.40. The molecule has 2 heterocycles. The second-order valence-electron chi connectivity index (χ2n) is 4.07. The van der Waals surface area contributed by atoms with Gasteiger partial charge in [0.05, 0.1) is 17.9 Å². The van der Waals surface area contributed by atoms with Gasteiger partial charge in [-0.25, -0.2) is 4.63 Å². The fourth-order valence-electron chi connectivity index (χ4n) is 1.90. The molecular weight excluding hydrogens is 248 g/mol. The summed E-state index contributed by atoms with van der Waals surface area (Å²) < 4.78 is 4.77. The van der Waals surface area contributed by atoms with Crippen LogP contribution in [-0.4, -0.2) is 17.4 Å². The highest BCUT2D eigenvalue weighted by atomic mass is 32.1. The number of fused-ring (bicyclic) bond motifs is 1. The first-order chi connectivity index (χ1) is 8.75. The van der Waals surface area contributed by atoms with E-state index in [0.717, 1.165) is 12.2 Å². The second-order valence-corrected chi connectivity index (χ2v) is 5.10. The number of nitrogens with zero attached hydrogens (tertiary/aromatic N) is 3. The first-order valence-electron chi connectivity index (χ1n) is 5.50. The second kappa shape index (κ2) is 4.30. The fourth-order valence-corrected chi connectivity index (χ4v) is 2.66. The van der Waals surface area contributed by atoms with Crippen molar-refractivity contribution in [2.75, 3.05) is 17.7 Å². The van der Waals surface area contributed by atoms with Crippen molar-refractivity contribution in [2.45, 2.75) is 6.54 Å². The largest absolute Gasteiger partial charge is 0.397 e. The number of aromatic nitrogens is 2. The van der Waals surface area contributed by atoms with Gasteiger partial charge < -0.3 is 10.6 Å². The molecular formula is C12H12N4OS. The van der Waals surface area contributed by atoms with Crippen molar-refractivity contribution in [2.24, 2.45) is 0 Å². The minimum atomic E-state index is 0.583. The maximum absolute atomic E-state index is 5.83. The summed E-state index contributed by atoms with van der Waals surface area (Å²) in [7, 11) is 2.01. The highest BCUT2D eigenvalue weighted by molar-refractivity contribution is 7.09. The minimum absolute atomic E-state index is 0.583. The minimum Gasteiger partial charge on any atom is -0.397 e. The number of benzene rings is 1. The molecule has 2 N–H and O–H groups in total. The van der Waals surface area contributed by atoms with Crippen LogP contribution in [0.1, 0.15) is 4.88 Å². The van der Waals surface area contributed by atoms with Gasteiger partial charge in [0.2, 0.25) is 0 Å². The Hall–Kier alpha value is -2.08. The first-order valence-corrected chi connectivity index (χ1v) is 6.38. The highest BCUT2D eigenvalue weighted by Gasteiger charge is 2.13. The van der Waals surface area contributed by atoms with Crippen LogP contribution in [0.15, 0.2) is 34.3 Å². The van der Waals surface area contributed by atoms with Crippen molar-refractivity contribution < 1.29 is 4.63 Å². The number of nitrogens with two attached hydrogens (primary N) is 1. The van der Waals surface area contributed by atoms with Crippen molar-refractivity contribution in [1.82, 2.24) is 10.3 Å². The Morgan fingerprint density at radius 3 is 2.89 bits per heavy atom. The molecule has 0 aliphatic rings. The molecule has 92 valence electrons. The quantitative estimate of drug-likeness (QED) is 0.733. The predicted molar refractivity (Wildman–Crippen MR) is 72.6 cm³/mol. The summed E-state index contributed by atoms with van der Waals surface area (Å²) in [5.41, 5.74) is 8.70. The van der Waals surface area contributed by atoms with Gasteiger partial charge in [-0.05, 0) is 33.9 Å². The van der Waals surface area contributed by atoms with Gasteiger partial charge in [0.15, 0.2) is 11.0 Å². The lowest BCUT2D eigenvalue weighted by Gasteiger charge is -2.18. The van der Waals surface area contributed by atoms with Crippen LogP contribution in [0.25, 0.3) is 11.0 Å². The molecule has 3 rings (SSSR count). The maximum atomic E-state index is 5.83. The van der Waals surface area contributed by atoms with Crippen molar-refractivity contribution in [3.05, 3.63) is 34.5 Å². The van der Waals surface area contributed by atoms with E-state index in [-0.39, 0.29) is 0 Å². The van der Waals surface area contributed by atoms with E-state index in [4.69, 9.17) is 10.4 Å². The van der Waals surface area contributed by atoms with Gasteiger partial charge in [-0.1, -0.05) is 6.07 Å². The summed E-state index contributed by atoms with van der Waals surface area (Å²) in [6.45, 7) is 0.823. The van der Waals surface area contributed by atoms with Crippen molar-refractivity contribution in [3.8, 4) is 0 Å². The molecule has 0 atom stereocenters. The third kappa shape index (κ3) is 1.80. The van der Waals surface area contributed by atoms with Crippen LogP contribution in [0.3, 0.4) is 0 Å². The average Bonchev–Trinajstić information content (AvgIpc) is 2.99. The van der Waals surface area contributed by atoms with Gasteiger partial charge in [-0.2, -0.15) is 0 Å². The molecule has 2 aromatic heterocycles. The fraction of sp³-hybridized carbons (Fsp3) is 0.167. The van der Waals surface area contributed by atoms with E-state index in [1.807, 2.05) is 25.2 Å². The summed E-state index contributed by atoms with van der Waals surface area (Å²) in [5.74, 6) is 0. The molecule has 0 saturated carbocycles. The first kappa shape index (κ1) is 11.0. The van der Waals surface area contributed by atoms with Crippen LogP contribution < -0.4 is 10.6 Å². The molecule has 1 aromatic carbocycles. The third-order valence-electron chi connectivity index (χ3n) is 2.81. The number of hydrogen-bond donors (Lipinski definition) is 1. The predicted octanol–water partition coefficient (Wildman–Crippen LogP) is 2.50. The Kier molecular flexibility index (Phi) is 2.64. The molecule has 0 bridgehead atoms. The zero-order valence-electron chi connectivity index (χ0n) is 9.83. The molecule has 6 heteroatoms. The molecule has 0 aliphatic heterocycles. The molecule has 3 aromatic rings. The standard InChI is InChI=1S/C12H12N4OS/c1-16(7-8-3-2-6-18-8)10-5-4-9(13)11-12(10)15-17-14-11/h2-6H,7,13H2,1H3. The number of rotatable bonds is 3. The van der Waals surface area contributed by atoms with Gasteiger partial charge in [0, 0.05) is 11.9 Å². The van der Waals surface area contributed by atoms with E-state index in [2.05, 4.69) is 26.7 Å². The van der Waals surface area contributed by atoms with Crippen molar-refractivity contribution in [3.63, 3.8) is 0 Å². The van der Waals surface area contributed by atoms with E-state index in [0.29, 0.717) is 16.7 Å². The van der Waals surface area contributed by atoms with Gasteiger partial charge in [-0.3, -0.25) is 0 Å². The molecule has 0 aliphatic carbocycles. The molecule has 0 amide bonds. The average molecular weight is 260 g/mol. The lowest BCUT2D eigenvalue weighted by atomic mass is 10.2. The van der Waals surface area contributed by atoms with E-state index in [1.54, 1.807) is 11.3 Å². The molecule has 0 saturated heterocycles. The summed E-state index contributed by atoms with van der Waals surface area (Å²) in [6.07, 6.45) is 0. The Morgan fingerprint density at radius 1 is 1.28 bits per heavy atom. The van der Waals surface area contributed by atoms with E-state index in [9.17, 15) is 0 Å². The lowest BCUT2D eigenvalue weighted by molar-refractivity contribution is 0.315. The van der Waals surface area contributed by atoms with Crippen LogP contribution in [0.2, 0.25) is 0 Å². The number of anilines is 2. The van der Waals surface area contributed by atoms with E-state index >= 15 is 0 Å². The van der Waals surface area contributed by atoms with E-state index < -0.39 is 0 Å². The van der Waals surface area contributed by atoms with Gasteiger partial charge >= 0.3 is 0 Å². The Labute approximate surface area is 108 Å². The number of nitrogen functional groups attached to an aromatic ring is 1. The van der Waals surface area contributed by atoms with Crippen LogP contribution >= 0.6 is 11.3 Å². The van der Waals surface area contributed by atoms with E-state index in [1.165, 1.54) is 4.88 Å². The van der Waals surface area contributed by atoms with Gasteiger partial charge in [-0.15, -0.1) is 11.3 Å². The summed E-state index contributed by atoms with van der Waals surface area (Å²) in [6, 6.07) is 7.92. The SMILES string of the molecule is CN(Cc1cccs1)c1ccc(N)c2nonc12. The van der Waals surface area contributed by atoms with Crippen molar-refractivity contribution >= 4 is 33.7 Å². The van der Waals surface area contributed by atoms with Crippen LogP contribution in [0.4, 0.5) is 11.4 Å². The molecule has 0 fully saturated rings. The highest BCUT2D eigenvalue weighted by Crippen LogP contribution is 2.28.